The molecule has 19 heteroatoms. The van der Waals surface area contributed by atoms with Gasteiger partial charge in [0.25, 0.3) is 5.69 Å². The summed E-state index contributed by atoms with van der Waals surface area (Å²) < 4.78 is 57.0. The SMILES string of the molecule is Cc1cc(C(=O)O)c([N+](=O)[O-])cc1F.Cc1cc(C(=O)O)ccc1F.O=NO[O-].O=S(=O)(O)O.[K+]. The minimum absolute atomic E-state index is 0. The molecular formula is C16H15F2KN2O13S. The van der Waals surface area contributed by atoms with Gasteiger partial charge in [-0.25, -0.2) is 18.4 Å². The number of carboxylic acid groups (broad SMARTS) is 2. The number of hydrogen-bond donors (Lipinski definition) is 4. The maximum atomic E-state index is 12.9. The molecule has 2 aromatic rings. The first kappa shape index (κ1) is 37.1. The predicted molar refractivity (Wildman–Crippen MR) is 104 cm³/mol. The van der Waals surface area contributed by atoms with Crippen molar-refractivity contribution >= 4 is 28.0 Å². The average molecular weight is 552 g/mol. The van der Waals surface area contributed by atoms with E-state index in [9.17, 15) is 28.5 Å². The van der Waals surface area contributed by atoms with Crippen LogP contribution >= 0.6 is 0 Å². The molecule has 0 bridgehead atoms. The third-order valence-electron chi connectivity index (χ3n) is 3.14. The third-order valence-corrected chi connectivity index (χ3v) is 3.14. The van der Waals surface area contributed by atoms with E-state index in [1.54, 1.807) is 0 Å². The molecule has 4 N–H and O–H groups in total. The zero-order chi connectivity index (χ0) is 27.2. The Morgan fingerprint density at radius 1 is 1.00 bits per heavy atom. The Morgan fingerprint density at radius 3 is 1.74 bits per heavy atom. The number of carbonyl (C=O) groups is 2. The van der Waals surface area contributed by atoms with Gasteiger partial charge in [-0.1, -0.05) is 0 Å². The first-order chi connectivity index (χ1) is 15.5. The molecule has 0 radical (unpaired) electrons. The van der Waals surface area contributed by atoms with Crippen LogP contribution in [0.4, 0.5) is 14.5 Å². The van der Waals surface area contributed by atoms with Gasteiger partial charge in [0.2, 0.25) is 0 Å². The first-order valence-electron chi connectivity index (χ1n) is 7.95. The molecule has 0 aromatic heterocycles. The van der Waals surface area contributed by atoms with Crippen molar-refractivity contribution in [3.63, 3.8) is 0 Å². The number of rotatable bonds is 4. The van der Waals surface area contributed by atoms with Gasteiger partial charge < -0.3 is 20.5 Å². The number of benzene rings is 2. The molecule has 0 fully saturated rings. The van der Waals surface area contributed by atoms with Crippen LogP contribution in [0.25, 0.3) is 0 Å². The van der Waals surface area contributed by atoms with Crippen LogP contribution in [0.3, 0.4) is 0 Å². The van der Waals surface area contributed by atoms with Gasteiger partial charge in [0.15, 0.2) is 0 Å². The quantitative estimate of drug-likeness (QED) is 0.0877. The number of nitro benzene ring substituents is 1. The van der Waals surface area contributed by atoms with E-state index in [1.807, 2.05) is 0 Å². The van der Waals surface area contributed by atoms with E-state index in [1.165, 1.54) is 31.3 Å². The molecule has 0 saturated carbocycles. The molecule has 2 aromatic carbocycles. The Bertz CT molecular complexity index is 1100. The van der Waals surface area contributed by atoms with Crippen LogP contribution in [0.15, 0.2) is 35.7 Å². The van der Waals surface area contributed by atoms with Crippen molar-refractivity contribution in [2.75, 3.05) is 0 Å². The van der Waals surface area contributed by atoms with Crippen LogP contribution in [0.2, 0.25) is 0 Å². The fraction of sp³-hybridized carbons (Fsp3) is 0.125. The average Bonchev–Trinajstić information content (AvgIpc) is 2.70. The van der Waals surface area contributed by atoms with E-state index < -0.39 is 44.3 Å². The number of halogens is 2. The summed E-state index contributed by atoms with van der Waals surface area (Å²) >= 11 is 0. The molecule has 2 rings (SSSR count). The van der Waals surface area contributed by atoms with E-state index in [2.05, 4.69) is 4.99 Å². The minimum Gasteiger partial charge on any atom is -0.635 e. The molecule has 0 unspecified atom stereocenters. The molecule has 0 spiro atoms. The smallest absolute Gasteiger partial charge is 0.635 e. The maximum absolute atomic E-state index is 12.9. The van der Waals surface area contributed by atoms with E-state index in [-0.39, 0.29) is 68.3 Å². The Kier molecular flexibility index (Phi) is 18.9. The number of aryl methyl sites for hydroxylation is 2. The van der Waals surface area contributed by atoms with Gasteiger partial charge in [0.05, 0.1) is 16.6 Å². The first-order valence-corrected chi connectivity index (χ1v) is 9.34. The van der Waals surface area contributed by atoms with Crippen molar-refractivity contribution in [3.05, 3.63) is 79.2 Å². The van der Waals surface area contributed by atoms with Crippen molar-refractivity contribution in [3.8, 4) is 0 Å². The Hall–Kier alpha value is -2.49. The summed E-state index contributed by atoms with van der Waals surface area (Å²) in [6.45, 7) is 2.87. The van der Waals surface area contributed by atoms with Crippen molar-refractivity contribution in [1.29, 1.82) is 0 Å². The summed E-state index contributed by atoms with van der Waals surface area (Å²) in [4.78, 5) is 41.1. The van der Waals surface area contributed by atoms with Crippen molar-refractivity contribution in [1.82, 2.24) is 0 Å². The second kappa shape index (κ2) is 17.9. The van der Waals surface area contributed by atoms with Crippen LogP contribution < -0.4 is 56.6 Å². The molecule has 0 amide bonds. The van der Waals surface area contributed by atoms with E-state index in [0.717, 1.165) is 12.1 Å². The molecule has 0 saturated heterocycles. The number of aromatic carboxylic acids is 2. The van der Waals surface area contributed by atoms with Gasteiger partial charge in [-0.15, -0.1) is 4.91 Å². The summed E-state index contributed by atoms with van der Waals surface area (Å²) in [5, 5.41) is 37.2. The summed E-state index contributed by atoms with van der Waals surface area (Å²) in [5.41, 5.74) is -0.712. The number of hydrogen-bond acceptors (Lipinski definition) is 10. The van der Waals surface area contributed by atoms with Crippen LogP contribution in [-0.2, 0) is 15.4 Å². The van der Waals surface area contributed by atoms with Crippen LogP contribution in [-0.4, -0.2) is 44.6 Å². The standard InChI is InChI=1S/C8H6FNO4.C8H7FO2.K.HNO3.H2O4S/c1-4-2-5(8(11)12)7(10(13)14)3-6(4)9;1-5-4-6(8(10)11)2-3-7(5)9;;2-1-4-3;1-5(2,3)4/h2-3H,1H3,(H,11,12);2-4H,1H3,(H,10,11);;3H;(H2,1,2,3,4)/q;;+1;;/p-1. The van der Waals surface area contributed by atoms with Gasteiger partial charge >= 0.3 is 73.7 Å². The molecule has 0 atom stereocenters. The second-order valence-corrected chi connectivity index (χ2v) is 6.44. The zero-order valence-corrected chi connectivity index (χ0v) is 21.8. The van der Waals surface area contributed by atoms with Gasteiger partial charge in [-0.05, 0) is 49.2 Å². The molecule has 15 nitrogen and oxygen atoms in total. The summed E-state index contributed by atoms with van der Waals surface area (Å²) in [6, 6.07) is 5.25. The number of carboxylic acids is 2. The van der Waals surface area contributed by atoms with E-state index >= 15 is 0 Å². The topological polar surface area (TPSA) is 254 Å². The van der Waals surface area contributed by atoms with Crippen molar-refractivity contribution in [2.24, 2.45) is 5.34 Å². The molecule has 0 aliphatic carbocycles. The molecule has 35 heavy (non-hydrogen) atoms. The Labute approximate surface area is 237 Å². The van der Waals surface area contributed by atoms with Crippen LogP contribution in [0.5, 0.6) is 0 Å². The van der Waals surface area contributed by atoms with Gasteiger partial charge in [-0.3, -0.25) is 19.2 Å². The van der Waals surface area contributed by atoms with Crippen LogP contribution in [0, 0.1) is 40.5 Å². The largest absolute Gasteiger partial charge is 1.00 e. The summed E-state index contributed by atoms with van der Waals surface area (Å²) in [6.07, 6.45) is 0. The molecule has 0 aliphatic heterocycles. The minimum atomic E-state index is -4.67. The van der Waals surface area contributed by atoms with Gasteiger partial charge in [0, 0.05) is 0 Å². The number of nitrogens with zero attached hydrogens (tertiary/aromatic N) is 2. The van der Waals surface area contributed by atoms with Crippen LogP contribution in [0.1, 0.15) is 31.8 Å². The predicted octanol–water partition coefficient (Wildman–Crippen LogP) is -1.12. The molecular weight excluding hydrogens is 537 g/mol. The normalized spacial score (nSPS) is 9.23. The van der Waals surface area contributed by atoms with Crippen molar-refractivity contribution in [2.45, 2.75) is 13.8 Å². The monoisotopic (exact) mass is 552 g/mol. The fourth-order valence-corrected chi connectivity index (χ4v) is 1.77. The zero-order valence-electron chi connectivity index (χ0n) is 17.9. The van der Waals surface area contributed by atoms with E-state index in [0.29, 0.717) is 11.6 Å². The Balaban J connectivity index is -0.000000434. The van der Waals surface area contributed by atoms with Crippen molar-refractivity contribution < 1.29 is 113 Å². The summed E-state index contributed by atoms with van der Waals surface area (Å²) in [7, 11) is -4.67. The molecule has 188 valence electrons. The van der Waals surface area contributed by atoms with Gasteiger partial charge in [-0.2, -0.15) is 8.42 Å². The van der Waals surface area contributed by atoms with Gasteiger partial charge in [0.1, 0.15) is 22.5 Å². The fourth-order valence-electron chi connectivity index (χ4n) is 1.77. The third kappa shape index (κ3) is 17.6. The summed E-state index contributed by atoms with van der Waals surface area (Å²) in [5.74, 6) is -3.65. The number of nitro groups is 1. The molecule has 0 heterocycles. The second-order valence-electron chi connectivity index (χ2n) is 5.55. The molecule has 0 aliphatic rings. The maximum Gasteiger partial charge on any atom is 1.00 e. The Morgan fingerprint density at radius 2 is 1.43 bits per heavy atom. The van der Waals surface area contributed by atoms with E-state index in [4.69, 9.17) is 37.9 Å².